The normalized spacial score (nSPS) is 20.5. The highest BCUT2D eigenvalue weighted by Gasteiger charge is 2.19. The maximum absolute atomic E-state index is 9.49. The first-order chi connectivity index (χ1) is 5.77. The molecular weight excluding hydrogens is 188 g/mol. The van der Waals surface area contributed by atoms with Crippen molar-refractivity contribution in [2.24, 2.45) is 5.73 Å². The van der Waals surface area contributed by atoms with Crippen molar-refractivity contribution in [3.63, 3.8) is 0 Å². The molecule has 0 saturated carbocycles. The Bertz CT molecular complexity index is 293. The molecule has 1 aliphatic heterocycles. The van der Waals surface area contributed by atoms with E-state index in [1.165, 1.54) is 5.06 Å². The van der Waals surface area contributed by atoms with E-state index >= 15 is 0 Å². The maximum atomic E-state index is 9.49. The maximum Gasteiger partial charge on any atom is 0.0667 e. The summed E-state index contributed by atoms with van der Waals surface area (Å²) in [5.74, 6) is 0. The van der Waals surface area contributed by atoms with E-state index in [0.717, 1.165) is 17.7 Å². The van der Waals surface area contributed by atoms with Crippen LogP contribution in [0.1, 0.15) is 5.56 Å². The van der Waals surface area contributed by atoms with Gasteiger partial charge in [0, 0.05) is 6.04 Å². The number of nitrogens with zero attached hydrogens (tertiary/aromatic N) is 1. The Kier molecular flexibility index (Phi) is 3.14. The molecule has 0 aromatic heterocycles. The van der Waals surface area contributed by atoms with Gasteiger partial charge in [-0.05, 0) is 18.1 Å². The minimum absolute atomic E-state index is 0. The van der Waals surface area contributed by atoms with Gasteiger partial charge >= 0.3 is 0 Å². The summed E-state index contributed by atoms with van der Waals surface area (Å²) in [6.07, 6.45) is 0.854. The highest BCUT2D eigenvalue weighted by Crippen LogP contribution is 2.24. The number of fused-ring (bicyclic) bond motifs is 1. The van der Waals surface area contributed by atoms with Gasteiger partial charge in [0.25, 0.3) is 0 Å². The van der Waals surface area contributed by atoms with Crippen LogP contribution in [0.4, 0.5) is 5.69 Å². The zero-order valence-electron chi connectivity index (χ0n) is 7.18. The van der Waals surface area contributed by atoms with Crippen LogP contribution in [0, 0.1) is 0 Å². The second-order valence-corrected chi connectivity index (χ2v) is 3.18. The summed E-state index contributed by atoms with van der Waals surface area (Å²) in [4.78, 5) is 0. The van der Waals surface area contributed by atoms with Crippen LogP contribution in [0.25, 0.3) is 0 Å². The fraction of sp³-hybridized carbons (Fsp3) is 0.333. The minimum Gasteiger partial charge on any atom is -0.326 e. The van der Waals surface area contributed by atoms with E-state index in [1.54, 1.807) is 0 Å². The molecule has 0 amide bonds. The van der Waals surface area contributed by atoms with Crippen LogP contribution < -0.4 is 10.8 Å². The Morgan fingerprint density at radius 2 is 2.08 bits per heavy atom. The third-order valence-corrected chi connectivity index (χ3v) is 2.16. The van der Waals surface area contributed by atoms with E-state index in [4.69, 9.17) is 5.73 Å². The Morgan fingerprint density at radius 3 is 2.85 bits per heavy atom. The van der Waals surface area contributed by atoms with Gasteiger partial charge in [-0.1, -0.05) is 18.2 Å². The second kappa shape index (κ2) is 3.96. The molecule has 0 bridgehead atoms. The largest absolute Gasteiger partial charge is 0.326 e. The van der Waals surface area contributed by atoms with Crippen molar-refractivity contribution in [3.05, 3.63) is 29.8 Å². The SMILES string of the molecule is Cl.NC1Cc2ccccc2N(O)C1. The first kappa shape index (κ1) is 10.3. The molecule has 0 saturated heterocycles. The average Bonchev–Trinajstić information content (AvgIpc) is 2.04. The lowest BCUT2D eigenvalue weighted by atomic mass is 10.0. The highest BCUT2D eigenvalue weighted by molar-refractivity contribution is 5.85. The standard InChI is InChI=1S/C9H12N2O.ClH/c10-8-5-7-3-1-2-4-9(7)11(12)6-8;/h1-4,8,12H,5-6,10H2;1H. The van der Waals surface area contributed by atoms with Crippen LogP contribution in [-0.4, -0.2) is 17.8 Å². The van der Waals surface area contributed by atoms with Crippen molar-refractivity contribution < 1.29 is 5.21 Å². The molecule has 0 spiro atoms. The molecule has 1 unspecified atom stereocenters. The van der Waals surface area contributed by atoms with Crippen molar-refractivity contribution in [2.45, 2.75) is 12.5 Å². The van der Waals surface area contributed by atoms with E-state index < -0.39 is 0 Å². The zero-order valence-corrected chi connectivity index (χ0v) is 8.00. The molecule has 1 aromatic carbocycles. The minimum atomic E-state index is 0. The topological polar surface area (TPSA) is 49.5 Å². The molecule has 3 N–H and O–H groups in total. The summed E-state index contributed by atoms with van der Waals surface area (Å²) in [5, 5.41) is 10.7. The number of halogens is 1. The van der Waals surface area contributed by atoms with Gasteiger partial charge in [0.1, 0.15) is 0 Å². The first-order valence-electron chi connectivity index (χ1n) is 4.07. The molecule has 0 fully saturated rings. The van der Waals surface area contributed by atoms with Gasteiger partial charge in [-0.2, -0.15) is 0 Å². The number of benzene rings is 1. The summed E-state index contributed by atoms with van der Waals surface area (Å²) in [6.45, 7) is 0.525. The Balaban J connectivity index is 0.000000845. The number of hydrogen-bond donors (Lipinski definition) is 2. The van der Waals surface area contributed by atoms with Gasteiger partial charge in [0.15, 0.2) is 0 Å². The van der Waals surface area contributed by atoms with Crippen molar-refractivity contribution in [1.29, 1.82) is 0 Å². The van der Waals surface area contributed by atoms with Gasteiger partial charge in [-0.25, -0.2) is 0 Å². The summed E-state index contributed by atoms with van der Waals surface area (Å²) in [7, 11) is 0. The molecule has 4 heteroatoms. The summed E-state index contributed by atoms with van der Waals surface area (Å²) >= 11 is 0. The van der Waals surface area contributed by atoms with E-state index in [0.29, 0.717) is 6.54 Å². The first-order valence-corrected chi connectivity index (χ1v) is 4.07. The number of para-hydroxylation sites is 1. The lowest BCUT2D eigenvalue weighted by Gasteiger charge is -2.29. The molecule has 1 aliphatic rings. The number of hydrogen-bond acceptors (Lipinski definition) is 3. The molecule has 1 heterocycles. The molecule has 3 nitrogen and oxygen atoms in total. The molecule has 72 valence electrons. The van der Waals surface area contributed by atoms with Crippen LogP contribution in [0.15, 0.2) is 24.3 Å². The van der Waals surface area contributed by atoms with Crippen LogP contribution in [0.2, 0.25) is 0 Å². The van der Waals surface area contributed by atoms with E-state index in [-0.39, 0.29) is 18.4 Å². The van der Waals surface area contributed by atoms with Crippen molar-refractivity contribution in [2.75, 3.05) is 11.6 Å². The van der Waals surface area contributed by atoms with Crippen LogP contribution >= 0.6 is 12.4 Å². The van der Waals surface area contributed by atoms with Crippen molar-refractivity contribution in [3.8, 4) is 0 Å². The number of rotatable bonds is 0. The fourth-order valence-corrected chi connectivity index (χ4v) is 1.60. The third-order valence-electron chi connectivity index (χ3n) is 2.16. The van der Waals surface area contributed by atoms with Gasteiger partial charge in [0.2, 0.25) is 0 Å². The lowest BCUT2D eigenvalue weighted by Crippen LogP contribution is -2.41. The van der Waals surface area contributed by atoms with E-state index in [1.807, 2.05) is 24.3 Å². The quantitative estimate of drug-likeness (QED) is 0.662. The van der Waals surface area contributed by atoms with Crippen molar-refractivity contribution in [1.82, 2.24) is 0 Å². The Morgan fingerprint density at radius 1 is 1.38 bits per heavy atom. The van der Waals surface area contributed by atoms with Gasteiger partial charge in [-0.3, -0.25) is 10.3 Å². The Hall–Kier alpha value is -0.770. The third kappa shape index (κ3) is 1.94. The second-order valence-electron chi connectivity index (χ2n) is 3.18. The molecule has 13 heavy (non-hydrogen) atoms. The zero-order chi connectivity index (χ0) is 8.55. The smallest absolute Gasteiger partial charge is 0.0667 e. The molecule has 1 aromatic rings. The summed E-state index contributed by atoms with van der Waals surface area (Å²) in [6, 6.07) is 7.83. The van der Waals surface area contributed by atoms with Gasteiger partial charge in [-0.15, -0.1) is 12.4 Å². The van der Waals surface area contributed by atoms with Gasteiger partial charge < -0.3 is 5.73 Å². The molecule has 2 rings (SSSR count). The van der Waals surface area contributed by atoms with E-state index in [2.05, 4.69) is 0 Å². The molecular formula is C9H13ClN2O. The highest BCUT2D eigenvalue weighted by atomic mass is 35.5. The van der Waals surface area contributed by atoms with Crippen molar-refractivity contribution >= 4 is 18.1 Å². The van der Waals surface area contributed by atoms with Gasteiger partial charge in [0.05, 0.1) is 12.2 Å². The van der Waals surface area contributed by atoms with Crippen LogP contribution in [-0.2, 0) is 6.42 Å². The molecule has 0 aliphatic carbocycles. The number of hydroxylamine groups is 1. The molecule has 1 atom stereocenters. The predicted molar refractivity (Wildman–Crippen MR) is 54.5 cm³/mol. The lowest BCUT2D eigenvalue weighted by molar-refractivity contribution is 0.238. The number of nitrogens with two attached hydrogens (primary N) is 1. The monoisotopic (exact) mass is 200 g/mol. The van der Waals surface area contributed by atoms with Crippen LogP contribution in [0.3, 0.4) is 0 Å². The fourth-order valence-electron chi connectivity index (χ4n) is 1.60. The van der Waals surface area contributed by atoms with Crippen LogP contribution in [0.5, 0.6) is 0 Å². The summed E-state index contributed by atoms with van der Waals surface area (Å²) < 4.78 is 0. The van der Waals surface area contributed by atoms with E-state index in [9.17, 15) is 5.21 Å². The predicted octanol–water partition coefficient (Wildman–Crippen LogP) is 1.19. The number of anilines is 1. The molecule has 0 radical (unpaired) electrons. The average molecular weight is 201 g/mol. The summed E-state index contributed by atoms with van der Waals surface area (Å²) in [5.41, 5.74) is 7.75. The Labute approximate surface area is 83.5 Å².